The van der Waals surface area contributed by atoms with Crippen molar-refractivity contribution in [2.24, 2.45) is 0 Å². The van der Waals surface area contributed by atoms with Gasteiger partial charge >= 0.3 is 6.18 Å². The predicted molar refractivity (Wildman–Crippen MR) is 64.4 cm³/mol. The highest BCUT2D eigenvalue weighted by Gasteiger charge is 2.25. The molecule has 0 aromatic carbocycles. The van der Waals surface area contributed by atoms with Gasteiger partial charge < -0.3 is 10.2 Å². The van der Waals surface area contributed by atoms with Crippen LogP contribution < -0.4 is 5.32 Å². The second kappa shape index (κ2) is 7.33. The third-order valence-electron chi connectivity index (χ3n) is 2.47. The number of nitrogens with one attached hydrogen (secondary N) is 1. The first-order valence-electron chi connectivity index (χ1n) is 5.83. The Morgan fingerprint density at radius 1 is 1.28 bits per heavy atom. The lowest BCUT2D eigenvalue weighted by Crippen LogP contribution is -2.35. The molecule has 1 rings (SSSR count). The lowest BCUT2D eigenvalue weighted by Gasteiger charge is -2.17. The molecule has 0 saturated heterocycles. The minimum atomic E-state index is -4.13. The Balaban J connectivity index is 2.09. The minimum absolute atomic E-state index is 0.332. The second-order valence-electron chi connectivity index (χ2n) is 4.17. The Bertz CT molecular complexity index is 327. The Kier molecular flexibility index (Phi) is 6.07. The number of pyridine rings is 1. The number of rotatable bonds is 7. The SMILES string of the molecule is CN(CCNCC(F)(F)F)CCc1ccccn1. The molecule has 1 aromatic heterocycles. The van der Waals surface area contributed by atoms with Gasteiger partial charge in [-0.15, -0.1) is 0 Å². The van der Waals surface area contributed by atoms with Crippen LogP contribution in [0.1, 0.15) is 5.69 Å². The number of alkyl halides is 3. The minimum Gasteiger partial charge on any atom is -0.307 e. The van der Waals surface area contributed by atoms with Crippen molar-refractivity contribution < 1.29 is 13.2 Å². The highest BCUT2D eigenvalue weighted by molar-refractivity contribution is 5.03. The zero-order chi connectivity index (χ0) is 13.4. The second-order valence-corrected chi connectivity index (χ2v) is 4.17. The monoisotopic (exact) mass is 261 g/mol. The van der Waals surface area contributed by atoms with Gasteiger partial charge in [0.25, 0.3) is 0 Å². The fourth-order valence-electron chi connectivity index (χ4n) is 1.46. The summed E-state index contributed by atoms with van der Waals surface area (Å²) in [5, 5.41) is 2.37. The van der Waals surface area contributed by atoms with Crippen LogP contribution in [0.15, 0.2) is 24.4 Å². The van der Waals surface area contributed by atoms with Crippen LogP contribution in [0.3, 0.4) is 0 Å². The zero-order valence-electron chi connectivity index (χ0n) is 10.4. The summed E-state index contributed by atoms with van der Waals surface area (Å²) in [6.07, 6.45) is -1.59. The summed E-state index contributed by atoms with van der Waals surface area (Å²) in [5.74, 6) is 0. The van der Waals surface area contributed by atoms with E-state index in [1.165, 1.54) is 0 Å². The van der Waals surface area contributed by atoms with E-state index in [2.05, 4.69) is 10.3 Å². The maximum Gasteiger partial charge on any atom is 0.401 e. The van der Waals surface area contributed by atoms with Crippen LogP contribution in [0, 0.1) is 0 Å². The van der Waals surface area contributed by atoms with Crippen molar-refractivity contribution in [3.63, 3.8) is 0 Å². The fraction of sp³-hybridized carbons (Fsp3) is 0.583. The summed E-state index contributed by atoms with van der Waals surface area (Å²) in [6, 6.07) is 5.72. The summed E-state index contributed by atoms with van der Waals surface area (Å²) < 4.78 is 35.6. The number of halogens is 3. The molecule has 1 N–H and O–H groups in total. The van der Waals surface area contributed by atoms with E-state index in [0.29, 0.717) is 13.1 Å². The van der Waals surface area contributed by atoms with Crippen LogP contribution in [0.4, 0.5) is 13.2 Å². The smallest absolute Gasteiger partial charge is 0.307 e. The van der Waals surface area contributed by atoms with Gasteiger partial charge in [-0.05, 0) is 19.2 Å². The summed E-state index contributed by atoms with van der Waals surface area (Å²) in [7, 11) is 1.89. The van der Waals surface area contributed by atoms with Crippen molar-refractivity contribution in [1.29, 1.82) is 0 Å². The van der Waals surface area contributed by atoms with Crippen LogP contribution >= 0.6 is 0 Å². The molecule has 0 unspecified atom stereocenters. The van der Waals surface area contributed by atoms with Crippen LogP contribution in [0.25, 0.3) is 0 Å². The summed E-state index contributed by atoms with van der Waals surface area (Å²) >= 11 is 0. The van der Waals surface area contributed by atoms with Crippen molar-refractivity contribution >= 4 is 0 Å². The third-order valence-corrected chi connectivity index (χ3v) is 2.47. The molecule has 0 aliphatic rings. The lowest BCUT2D eigenvalue weighted by atomic mass is 10.2. The summed E-state index contributed by atoms with van der Waals surface area (Å²) in [6.45, 7) is 0.771. The largest absolute Gasteiger partial charge is 0.401 e. The van der Waals surface area contributed by atoms with Gasteiger partial charge in [-0.3, -0.25) is 4.98 Å². The van der Waals surface area contributed by atoms with E-state index in [9.17, 15) is 13.2 Å². The molecule has 0 spiro atoms. The van der Waals surface area contributed by atoms with E-state index in [1.54, 1.807) is 6.20 Å². The number of nitrogens with zero attached hydrogens (tertiary/aromatic N) is 2. The molecule has 1 aromatic rings. The molecule has 0 radical (unpaired) electrons. The molecule has 102 valence electrons. The molecule has 0 atom stereocenters. The van der Waals surface area contributed by atoms with Gasteiger partial charge in [0.2, 0.25) is 0 Å². The first kappa shape index (κ1) is 14.9. The van der Waals surface area contributed by atoms with Crippen molar-refractivity contribution in [2.45, 2.75) is 12.6 Å². The van der Waals surface area contributed by atoms with E-state index in [4.69, 9.17) is 0 Å². The molecule has 18 heavy (non-hydrogen) atoms. The van der Waals surface area contributed by atoms with Gasteiger partial charge in [0, 0.05) is 37.9 Å². The van der Waals surface area contributed by atoms with Crippen LogP contribution in [0.2, 0.25) is 0 Å². The molecular formula is C12H18F3N3. The van der Waals surface area contributed by atoms with Crippen molar-refractivity contribution in [1.82, 2.24) is 15.2 Å². The summed E-state index contributed by atoms with van der Waals surface area (Å²) in [4.78, 5) is 6.17. The Hall–Kier alpha value is -1.14. The van der Waals surface area contributed by atoms with E-state index < -0.39 is 12.7 Å². The Morgan fingerprint density at radius 3 is 2.67 bits per heavy atom. The van der Waals surface area contributed by atoms with E-state index in [0.717, 1.165) is 18.7 Å². The van der Waals surface area contributed by atoms with Gasteiger partial charge in [-0.2, -0.15) is 13.2 Å². The Morgan fingerprint density at radius 2 is 2.06 bits per heavy atom. The maximum absolute atomic E-state index is 11.9. The van der Waals surface area contributed by atoms with Gasteiger partial charge in [0.1, 0.15) is 0 Å². The fourth-order valence-corrected chi connectivity index (χ4v) is 1.46. The van der Waals surface area contributed by atoms with Crippen LogP contribution in [0.5, 0.6) is 0 Å². The lowest BCUT2D eigenvalue weighted by molar-refractivity contribution is -0.124. The highest BCUT2D eigenvalue weighted by atomic mass is 19.4. The molecular weight excluding hydrogens is 243 g/mol. The molecule has 0 aliphatic carbocycles. The summed E-state index contributed by atoms with van der Waals surface area (Å²) in [5.41, 5.74) is 0.993. The third kappa shape index (κ3) is 7.24. The van der Waals surface area contributed by atoms with Crippen LogP contribution in [-0.4, -0.2) is 49.3 Å². The first-order valence-corrected chi connectivity index (χ1v) is 5.83. The molecule has 6 heteroatoms. The van der Waals surface area contributed by atoms with Gasteiger partial charge in [0.05, 0.1) is 6.54 Å². The van der Waals surface area contributed by atoms with Crippen molar-refractivity contribution in [3.05, 3.63) is 30.1 Å². The highest BCUT2D eigenvalue weighted by Crippen LogP contribution is 2.11. The van der Waals surface area contributed by atoms with Crippen LogP contribution in [-0.2, 0) is 6.42 Å². The number of hydrogen-bond acceptors (Lipinski definition) is 3. The first-order chi connectivity index (χ1) is 8.47. The normalized spacial score (nSPS) is 12.1. The van der Waals surface area contributed by atoms with Gasteiger partial charge in [0.15, 0.2) is 0 Å². The molecule has 0 aliphatic heterocycles. The van der Waals surface area contributed by atoms with Gasteiger partial charge in [-0.25, -0.2) is 0 Å². The maximum atomic E-state index is 11.9. The molecule has 0 saturated carbocycles. The standard InChI is InChI=1S/C12H18F3N3/c1-18(9-7-16-10-12(13,14)15)8-5-11-4-2-3-6-17-11/h2-4,6,16H,5,7-10H2,1H3. The Labute approximate surface area is 105 Å². The van der Waals surface area contributed by atoms with Gasteiger partial charge in [-0.1, -0.05) is 6.07 Å². The molecule has 0 bridgehead atoms. The van der Waals surface area contributed by atoms with E-state index >= 15 is 0 Å². The molecule has 3 nitrogen and oxygen atoms in total. The molecule has 0 fully saturated rings. The quantitative estimate of drug-likeness (QED) is 0.757. The van der Waals surface area contributed by atoms with Crippen molar-refractivity contribution in [2.75, 3.05) is 33.2 Å². The molecule has 1 heterocycles. The predicted octanol–water partition coefficient (Wildman–Crippen LogP) is 1.71. The topological polar surface area (TPSA) is 28.2 Å². The number of hydrogen-bond donors (Lipinski definition) is 1. The zero-order valence-corrected chi connectivity index (χ0v) is 10.4. The molecule has 0 amide bonds. The number of aromatic nitrogens is 1. The van der Waals surface area contributed by atoms with E-state index in [-0.39, 0.29) is 0 Å². The average molecular weight is 261 g/mol. The van der Waals surface area contributed by atoms with Crippen molar-refractivity contribution in [3.8, 4) is 0 Å². The average Bonchev–Trinajstić information content (AvgIpc) is 2.32. The van der Waals surface area contributed by atoms with E-state index in [1.807, 2.05) is 30.1 Å². The number of likely N-dealkylation sites (N-methyl/N-ethyl adjacent to an activating group) is 1.